The van der Waals surface area contributed by atoms with E-state index < -0.39 is 29.4 Å². The highest BCUT2D eigenvalue weighted by molar-refractivity contribution is 5.70. The minimum absolute atomic E-state index is 0.0754. The molecule has 2 aromatic heterocycles. The second-order valence-electron chi connectivity index (χ2n) is 9.37. The van der Waals surface area contributed by atoms with E-state index in [4.69, 9.17) is 9.47 Å². The minimum atomic E-state index is -2.91. The van der Waals surface area contributed by atoms with E-state index in [1.807, 2.05) is 13.8 Å². The lowest BCUT2D eigenvalue weighted by Gasteiger charge is -2.33. The van der Waals surface area contributed by atoms with Gasteiger partial charge in [0.15, 0.2) is 12.1 Å². The first-order valence-corrected chi connectivity index (χ1v) is 10.5. The fourth-order valence-corrected chi connectivity index (χ4v) is 3.29. The molecule has 0 aliphatic heterocycles. The number of hydrogen-bond donors (Lipinski definition) is 1. The fraction of sp³-hybridized carbons (Fsp3) is 0.522. The molecule has 1 atom stereocenters. The van der Waals surface area contributed by atoms with E-state index in [0.717, 1.165) is 0 Å². The molecule has 1 N–H and O–H groups in total. The predicted molar refractivity (Wildman–Crippen MR) is 118 cm³/mol. The Hall–Kier alpha value is -3.17. The summed E-state index contributed by atoms with van der Waals surface area (Å²) in [6.45, 7) is 10.9. The third kappa shape index (κ3) is 8.03. The first-order valence-electron chi connectivity index (χ1n) is 10.5. The lowest BCUT2D eigenvalue weighted by atomic mass is 9.91. The molecule has 2 heterocycles. The van der Waals surface area contributed by atoms with E-state index in [-0.39, 0.29) is 35.5 Å². The molecule has 0 fully saturated rings. The highest BCUT2D eigenvalue weighted by Crippen LogP contribution is 2.31. The molecule has 0 bridgehead atoms. The second-order valence-corrected chi connectivity index (χ2v) is 9.37. The Labute approximate surface area is 192 Å². The lowest BCUT2D eigenvalue weighted by molar-refractivity contribution is 0.0404. The number of carbonyl (C=O) groups excluding carboxylic acids is 2. The smallest absolute Gasteiger partial charge is 0.408 e. The van der Waals surface area contributed by atoms with Crippen LogP contribution >= 0.6 is 0 Å². The Balaban J connectivity index is 2.27. The van der Waals surface area contributed by atoms with Crippen molar-refractivity contribution in [2.24, 2.45) is 5.92 Å². The molecule has 180 valence electrons. The van der Waals surface area contributed by atoms with E-state index in [9.17, 15) is 18.4 Å². The van der Waals surface area contributed by atoms with E-state index in [2.05, 4.69) is 20.3 Å². The molecular formula is C23H30F2N4O4. The molecule has 0 aliphatic carbocycles. The van der Waals surface area contributed by atoms with E-state index in [1.165, 1.54) is 24.4 Å². The Morgan fingerprint density at radius 3 is 2.36 bits per heavy atom. The number of halogens is 2. The number of amides is 1. The molecule has 0 unspecified atom stereocenters. The third-order valence-electron chi connectivity index (χ3n) is 4.34. The molecule has 8 nitrogen and oxygen atoms in total. The molecule has 0 saturated carbocycles. The summed E-state index contributed by atoms with van der Waals surface area (Å²) >= 11 is 0. The Morgan fingerprint density at radius 1 is 1.12 bits per heavy atom. The normalized spacial score (nSPS) is 13.5. The fourth-order valence-electron chi connectivity index (χ4n) is 3.29. The summed E-state index contributed by atoms with van der Waals surface area (Å²) in [7, 11) is 0. The number of nitrogens with zero attached hydrogens (tertiary/aromatic N) is 3. The molecule has 0 aliphatic rings. The number of aldehydes is 1. The van der Waals surface area contributed by atoms with Gasteiger partial charge in [0.05, 0.1) is 16.9 Å². The summed E-state index contributed by atoms with van der Waals surface area (Å²) in [4.78, 5) is 35.0. The van der Waals surface area contributed by atoms with Crippen molar-refractivity contribution in [2.75, 3.05) is 6.61 Å². The minimum Gasteiger partial charge on any atom is -0.489 e. The number of rotatable bonds is 9. The number of ether oxygens (including phenoxy) is 2. The summed E-state index contributed by atoms with van der Waals surface area (Å²) in [5, 5.41) is 2.81. The summed E-state index contributed by atoms with van der Waals surface area (Å²) in [5.41, 5.74) is -1.74. The molecule has 0 aromatic carbocycles. The van der Waals surface area contributed by atoms with Gasteiger partial charge in [-0.3, -0.25) is 4.79 Å². The van der Waals surface area contributed by atoms with Crippen molar-refractivity contribution in [3.63, 3.8) is 0 Å². The van der Waals surface area contributed by atoms with Gasteiger partial charge in [-0.15, -0.1) is 0 Å². The summed E-state index contributed by atoms with van der Waals surface area (Å²) in [6, 6.07) is 4.31. The number of aromatic nitrogens is 3. The van der Waals surface area contributed by atoms with Crippen LogP contribution in [0.1, 0.15) is 70.7 Å². The van der Waals surface area contributed by atoms with Crippen molar-refractivity contribution in [3.8, 4) is 17.1 Å². The molecule has 0 spiro atoms. The molecule has 2 aromatic rings. The van der Waals surface area contributed by atoms with Crippen LogP contribution in [0.2, 0.25) is 0 Å². The van der Waals surface area contributed by atoms with Gasteiger partial charge in [0.1, 0.15) is 23.7 Å². The van der Waals surface area contributed by atoms with Gasteiger partial charge in [0.25, 0.3) is 6.43 Å². The third-order valence-corrected chi connectivity index (χ3v) is 4.34. The van der Waals surface area contributed by atoms with Gasteiger partial charge in [-0.25, -0.2) is 28.5 Å². The summed E-state index contributed by atoms with van der Waals surface area (Å²) in [6.07, 6.45) is -1.20. The molecule has 1 amide bonds. The first-order chi connectivity index (χ1) is 15.3. The van der Waals surface area contributed by atoms with Crippen LogP contribution in [0, 0.1) is 5.92 Å². The van der Waals surface area contributed by atoms with Gasteiger partial charge in [-0.2, -0.15) is 0 Å². The maximum Gasteiger partial charge on any atom is 0.408 e. The monoisotopic (exact) mass is 464 g/mol. The summed E-state index contributed by atoms with van der Waals surface area (Å²) in [5.74, 6) is -0.00124. The Morgan fingerprint density at radius 2 is 1.79 bits per heavy atom. The van der Waals surface area contributed by atoms with Crippen molar-refractivity contribution in [3.05, 3.63) is 35.9 Å². The number of carbonyl (C=O) groups is 2. The van der Waals surface area contributed by atoms with Gasteiger partial charge in [-0.1, -0.05) is 13.8 Å². The van der Waals surface area contributed by atoms with Crippen LogP contribution in [0.25, 0.3) is 11.4 Å². The molecule has 10 heteroatoms. The van der Waals surface area contributed by atoms with Gasteiger partial charge in [0, 0.05) is 6.20 Å². The number of pyridine rings is 1. The van der Waals surface area contributed by atoms with Crippen LogP contribution < -0.4 is 10.1 Å². The van der Waals surface area contributed by atoms with Gasteiger partial charge in [0.2, 0.25) is 0 Å². The molecule has 33 heavy (non-hydrogen) atoms. The van der Waals surface area contributed by atoms with Gasteiger partial charge >= 0.3 is 6.09 Å². The van der Waals surface area contributed by atoms with Crippen LogP contribution in [-0.2, 0) is 4.74 Å². The summed E-state index contributed by atoms with van der Waals surface area (Å²) < 4.78 is 38.6. The zero-order valence-corrected chi connectivity index (χ0v) is 19.7. The maximum absolute atomic E-state index is 13.8. The molecule has 2 rings (SSSR count). The quantitative estimate of drug-likeness (QED) is 0.521. The Bertz CT molecular complexity index is 979. The van der Waals surface area contributed by atoms with Crippen LogP contribution in [-0.4, -0.2) is 45.1 Å². The highest BCUT2D eigenvalue weighted by atomic mass is 19.3. The largest absolute Gasteiger partial charge is 0.489 e. The topological polar surface area (TPSA) is 103 Å². The Kier molecular flexibility index (Phi) is 8.40. The van der Waals surface area contributed by atoms with Gasteiger partial charge in [-0.05, 0) is 58.2 Å². The van der Waals surface area contributed by atoms with Crippen LogP contribution in [0.4, 0.5) is 13.6 Å². The van der Waals surface area contributed by atoms with Crippen molar-refractivity contribution < 1.29 is 27.8 Å². The predicted octanol–water partition coefficient (Wildman–Crippen LogP) is 5.00. The zero-order chi connectivity index (χ0) is 24.8. The standard InChI is InChI=1S/C23H30F2N4O4/c1-14(2)11-23(6,29-21(31)33-22(3,4)5)13-32-17-8-7-15(28-19(17)20(24)25)16-9-10-26-18(12-30)27-16/h7-10,12,14,20H,11,13H2,1-6H3,(H,29,31)/t23-/m0/s1. The van der Waals surface area contributed by atoms with Crippen molar-refractivity contribution in [1.29, 1.82) is 0 Å². The molecule has 0 saturated heterocycles. The maximum atomic E-state index is 13.8. The number of hydrogen-bond acceptors (Lipinski definition) is 7. The molecular weight excluding hydrogens is 434 g/mol. The number of alkyl halides is 2. The lowest BCUT2D eigenvalue weighted by Crippen LogP contribution is -2.52. The second kappa shape index (κ2) is 10.6. The SMILES string of the molecule is CC(C)C[C@@](C)(COc1ccc(-c2ccnc(C=O)n2)nc1C(F)F)NC(=O)OC(C)(C)C. The first kappa shape index (κ1) is 26.1. The van der Waals surface area contributed by atoms with Gasteiger partial charge < -0.3 is 14.8 Å². The number of nitrogens with one attached hydrogen (secondary N) is 1. The average Bonchev–Trinajstić information content (AvgIpc) is 2.70. The highest BCUT2D eigenvalue weighted by Gasteiger charge is 2.32. The zero-order valence-electron chi connectivity index (χ0n) is 19.7. The van der Waals surface area contributed by atoms with Crippen molar-refractivity contribution >= 4 is 12.4 Å². The average molecular weight is 465 g/mol. The van der Waals surface area contributed by atoms with Crippen LogP contribution in [0.5, 0.6) is 5.75 Å². The van der Waals surface area contributed by atoms with E-state index in [0.29, 0.717) is 12.7 Å². The van der Waals surface area contributed by atoms with Crippen LogP contribution in [0.3, 0.4) is 0 Å². The van der Waals surface area contributed by atoms with Crippen LogP contribution in [0.15, 0.2) is 24.4 Å². The van der Waals surface area contributed by atoms with Crippen molar-refractivity contribution in [2.45, 2.75) is 65.5 Å². The van der Waals surface area contributed by atoms with E-state index in [1.54, 1.807) is 27.7 Å². The molecule has 0 radical (unpaired) electrons. The van der Waals surface area contributed by atoms with E-state index >= 15 is 0 Å². The number of alkyl carbamates (subject to hydrolysis) is 1. The van der Waals surface area contributed by atoms with Crippen molar-refractivity contribution in [1.82, 2.24) is 20.3 Å².